The highest BCUT2D eigenvalue weighted by Gasteiger charge is 2.24. The maximum atomic E-state index is 12.8. The van der Waals surface area contributed by atoms with Crippen molar-refractivity contribution < 1.29 is 19.2 Å². The summed E-state index contributed by atoms with van der Waals surface area (Å²) in [4.78, 5) is 24.2. The molecule has 1 amide bonds. The van der Waals surface area contributed by atoms with Gasteiger partial charge in [-0.25, -0.2) is 4.79 Å². The molecule has 1 heterocycles. The van der Waals surface area contributed by atoms with Crippen molar-refractivity contribution in [1.29, 1.82) is 0 Å². The summed E-state index contributed by atoms with van der Waals surface area (Å²) in [6.45, 7) is 1.60. The molecule has 0 aliphatic rings. The van der Waals surface area contributed by atoms with Crippen molar-refractivity contribution in [3.05, 3.63) is 68.8 Å². The van der Waals surface area contributed by atoms with Crippen molar-refractivity contribution in [1.82, 2.24) is 5.16 Å². The fourth-order valence-electron chi connectivity index (χ4n) is 2.46. The number of carboxylic acid groups (broad SMARTS) is 1. The molecule has 0 spiro atoms. The van der Waals surface area contributed by atoms with E-state index in [1.807, 2.05) is 0 Å². The van der Waals surface area contributed by atoms with E-state index in [9.17, 15) is 14.7 Å². The molecule has 0 saturated carbocycles. The number of nitrogens with zero attached hydrogens (tertiary/aromatic N) is 1. The third-order valence-corrected chi connectivity index (χ3v) is 4.50. The molecular weight excluding hydrogens is 424 g/mol. The van der Waals surface area contributed by atoms with E-state index in [0.29, 0.717) is 26.5 Å². The van der Waals surface area contributed by atoms with Crippen molar-refractivity contribution in [2.24, 2.45) is 0 Å². The third-order valence-electron chi connectivity index (χ3n) is 3.68. The number of carbonyl (C=O) groups is 2. The normalized spacial score (nSPS) is 10.6. The molecule has 0 fully saturated rings. The number of rotatable bonds is 4. The Kier molecular flexibility index (Phi) is 5.11. The summed E-state index contributed by atoms with van der Waals surface area (Å²) in [5.41, 5.74) is 1.15. The maximum Gasteiger partial charge on any atom is 0.337 e. The number of halogens is 2. The van der Waals surface area contributed by atoms with Crippen LogP contribution in [-0.2, 0) is 0 Å². The molecule has 1 aromatic heterocycles. The second-order valence-electron chi connectivity index (χ2n) is 5.39. The lowest BCUT2D eigenvalue weighted by Crippen LogP contribution is -2.16. The number of aromatic carboxylic acids is 1. The van der Waals surface area contributed by atoms with Crippen LogP contribution in [0.4, 0.5) is 5.69 Å². The number of benzene rings is 2. The first-order chi connectivity index (χ1) is 12.4. The molecule has 3 rings (SSSR count). The second kappa shape index (κ2) is 7.31. The van der Waals surface area contributed by atoms with Crippen LogP contribution in [0.1, 0.15) is 26.5 Å². The molecule has 0 atom stereocenters. The average molecular weight is 436 g/mol. The maximum absolute atomic E-state index is 12.8. The van der Waals surface area contributed by atoms with E-state index in [1.165, 1.54) is 12.1 Å². The van der Waals surface area contributed by atoms with E-state index in [-0.39, 0.29) is 16.8 Å². The van der Waals surface area contributed by atoms with Gasteiger partial charge in [0.1, 0.15) is 17.0 Å². The summed E-state index contributed by atoms with van der Waals surface area (Å²) >= 11 is 9.41. The van der Waals surface area contributed by atoms with Gasteiger partial charge < -0.3 is 14.9 Å². The number of aryl methyl sites for hydroxylation is 1. The minimum Gasteiger partial charge on any atom is -0.478 e. The van der Waals surface area contributed by atoms with Gasteiger partial charge in [0.05, 0.1) is 16.3 Å². The van der Waals surface area contributed by atoms with Gasteiger partial charge in [0.2, 0.25) is 0 Å². The SMILES string of the molecule is Cc1onc(-c2ccccc2Cl)c1C(=O)Nc1ccc(Br)cc1C(=O)O. The largest absolute Gasteiger partial charge is 0.478 e. The zero-order chi connectivity index (χ0) is 18.8. The summed E-state index contributed by atoms with van der Waals surface area (Å²) in [6.07, 6.45) is 0. The van der Waals surface area contributed by atoms with Crippen molar-refractivity contribution in [3.8, 4) is 11.3 Å². The summed E-state index contributed by atoms with van der Waals surface area (Å²) in [6, 6.07) is 11.5. The molecule has 0 saturated heterocycles. The molecule has 3 aromatic rings. The topological polar surface area (TPSA) is 92.4 Å². The Labute approximate surface area is 161 Å². The zero-order valence-electron chi connectivity index (χ0n) is 13.4. The Morgan fingerprint density at radius 2 is 1.96 bits per heavy atom. The second-order valence-corrected chi connectivity index (χ2v) is 6.71. The molecule has 0 aliphatic heterocycles. The molecule has 0 unspecified atom stereocenters. The summed E-state index contributed by atoms with van der Waals surface area (Å²) in [5.74, 6) is -1.40. The van der Waals surface area contributed by atoms with Crippen LogP contribution >= 0.6 is 27.5 Å². The van der Waals surface area contributed by atoms with Gasteiger partial charge in [0.25, 0.3) is 5.91 Å². The highest BCUT2D eigenvalue weighted by Crippen LogP contribution is 2.32. The van der Waals surface area contributed by atoms with E-state index >= 15 is 0 Å². The molecule has 26 heavy (non-hydrogen) atoms. The van der Waals surface area contributed by atoms with Crippen LogP contribution in [-0.4, -0.2) is 22.1 Å². The number of aromatic nitrogens is 1. The fraction of sp³-hybridized carbons (Fsp3) is 0.0556. The first kappa shape index (κ1) is 18.2. The Morgan fingerprint density at radius 3 is 2.65 bits per heavy atom. The van der Waals surface area contributed by atoms with E-state index in [4.69, 9.17) is 16.1 Å². The lowest BCUT2D eigenvalue weighted by atomic mass is 10.1. The van der Waals surface area contributed by atoms with Crippen LogP contribution in [0.25, 0.3) is 11.3 Å². The van der Waals surface area contributed by atoms with E-state index in [0.717, 1.165) is 0 Å². The Morgan fingerprint density at radius 1 is 1.23 bits per heavy atom. The Hall–Kier alpha value is -2.64. The van der Waals surface area contributed by atoms with Crippen LogP contribution in [0.5, 0.6) is 0 Å². The minimum absolute atomic E-state index is 0.0406. The Bertz CT molecular complexity index is 1020. The fourth-order valence-corrected chi connectivity index (χ4v) is 3.05. The highest BCUT2D eigenvalue weighted by molar-refractivity contribution is 9.10. The molecule has 2 aromatic carbocycles. The Balaban J connectivity index is 2.02. The van der Waals surface area contributed by atoms with Gasteiger partial charge in [-0.05, 0) is 31.2 Å². The quantitative estimate of drug-likeness (QED) is 0.600. The number of amides is 1. The predicted molar refractivity (Wildman–Crippen MR) is 101 cm³/mol. The van der Waals surface area contributed by atoms with Crippen LogP contribution in [0.2, 0.25) is 5.02 Å². The first-order valence-electron chi connectivity index (χ1n) is 7.44. The monoisotopic (exact) mass is 434 g/mol. The van der Waals surface area contributed by atoms with Gasteiger partial charge in [-0.3, -0.25) is 4.79 Å². The summed E-state index contributed by atoms with van der Waals surface area (Å²) < 4.78 is 5.76. The van der Waals surface area contributed by atoms with E-state index in [2.05, 4.69) is 26.4 Å². The zero-order valence-corrected chi connectivity index (χ0v) is 15.8. The first-order valence-corrected chi connectivity index (χ1v) is 8.61. The third kappa shape index (κ3) is 3.49. The number of carbonyl (C=O) groups excluding carboxylic acids is 1. The summed E-state index contributed by atoms with van der Waals surface area (Å²) in [7, 11) is 0. The molecule has 0 aliphatic carbocycles. The molecule has 0 bridgehead atoms. The van der Waals surface area contributed by atoms with Gasteiger partial charge in [0, 0.05) is 10.0 Å². The lowest BCUT2D eigenvalue weighted by Gasteiger charge is -2.09. The van der Waals surface area contributed by atoms with Gasteiger partial charge >= 0.3 is 5.97 Å². The number of nitrogens with one attached hydrogen (secondary N) is 1. The van der Waals surface area contributed by atoms with E-state index < -0.39 is 11.9 Å². The van der Waals surface area contributed by atoms with E-state index in [1.54, 1.807) is 37.3 Å². The molecular formula is C18H12BrClN2O4. The van der Waals surface area contributed by atoms with Gasteiger partial charge in [-0.1, -0.05) is 50.9 Å². The summed E-state index contributed by atoms with van der Waals surface area (Å²) in [5, 5.41) is 16.3. The lowest BCUT2D eigenvalue weighted by molar-refractivity contribution is 0.0698. The smallest absolute Gasteiger partial charge is 0.337 e. The number of carboxylic acids is 1. The van der Waals surface area contributed by atoms with Crippen molar-refractivity contribution >= 4 is 45.1 Å². The molecule has 132 valence electrons. The van der Waals surface area contributed by atoms with Crippen LogP contribution in [0.3, 0.4) is 0 Å². The number of anilines is 1. The minimum atomic E-state index is -1.16. The van der Waals surface area contributed by atoms with Crippen molar-refractivity contribution in [3.63, 3.8) is 0 Å². The van der Waals surface area contributed by atoms with Crippen molar-refractivity contribution in [2.45, 2.75) is 6.92 Å². The molecule has 6 nitrogen and oxygen atoms in total. The highest BCUT2D eigenvalue weighted by atomic mass is 79.9. The number of hydrogen-bond acceptors (Lipinski definition) is 4. The number of hydrogen-bond donors (Lipinski definition) is 2. The molecule has 0 radical (unpaired) electrons. The van der Waals surface area contributed by atoms with Gasteiger partial charge in [-0.2, -0.15) is 0 Å². The molecule has 2 N–H and O–H groups in total. The molecule has 8 heteroatoms. The van der Waals surface area contributed by atoms with Crippen molar-refractivity contribution in [2.75, 3.05) is 5.32 Å². The average Bonchev–Trinajstić information content (AvgIpc) is 2.98. The van der Waals surface area contributed by atoms with Gasteiger partial charge in [0.15, 0.2) is 0 Å². The standard InChI is InChI=1S/C18H12BrClN2O4/c1-9-15(16(22-26-9)11-4-2-3-5-13(11)20)17(23)21-14-7-6-10(19)8-12(14)18(24)25/h2-8H,1H3,(H,21,23)(H,24,25). The van der Waals surface area contributed by atoms with Gasteiger partial charge in [-0.15, -0.1) is 0 Å². The van der Waals surface area contributed by atoms with Crippen LogP contribution in [0.15, 0.2) is 51.5 Å². The van der Waals surface area contributed by atoms with Crippen LogP contribution in [0, 0.1) is 6.92 Å². The van der Waals surface area contributed by atoms with Crippen LogP contribution < -0.4 is 5.32 Å². The predicted octanol–water partition coefficient (Wildman–Crippen LogP) is 5.02.